The third-order valence-electron chi connectivity index (χ3n) is 3.32. The van der Waals surface area contributed by atoms with E-state index in [4.69, 9.17) is 0 Å². The lowest BCUT2D eigenvalue weighted by Gasteiger charge is -2.19. The van der Waals surface area contributed by atoms with Gasteiger partial charge in [-0.3, -0.25) is 4.79 Å². The van der Waals surface area contributed by atoms with E-state index in [1.54, 1.807) is 0 Å². The maximum atomic E-state index is 11.2. The molecule has 106 valence electrons. The van der Waals surface area contributed by atoms with Crippen molar-refractivity contribution < 1.29 is 4.79 Å². The van der Waals surface area contributed by atoms with E-state index in [2.05, 4.69) is 30.5 Å². The normalized spacial score (nSPS) is 12.0. The molecule has 0 aromatic heterocycles. The highest BCUT2D eigenvalue weighted by molar-refractivity contribution is 5.90. The van der Waals surface area contributed by atoms with E-state index in [-0.39, 0.29) is 5.91 Å². The Kier molecular flexibility index (Phi) is 6.40. The van der Waals surface area contributed by atoms with Gasteiger partial charge in [-0.2, -0.15) is 0 Å². The Bertz CT molecular complexity index is 415. The van der Waals surface area contributed by atoms with Crippen molar-refractivity contribution in [2.24, 2.45) is 0 Å². The molecule has 1 aromatic carbocycles. The highest BCUT2D eigenvalue weighted by Gasteiger charge is 2.07. The lowest BCUT2D eigenvalue weighted by atomic mass is 10.1. The SMILES string of the molecule is CCCCC(CC)Nc1ccc(C)c(NC(C)=O)c1. The van der Waals surface area contributed by atoms with Crippen LogP contribution in [0.2, 0.25) is 0 Å². The van der Waals surface area contributed by atoms with E-state index in [1.807, 2.05) is 19.1 Å². The summed E-state index contributed by atoms with van der Waals surface area (Å²) in [4.78, 5) is 11.2. The van der Waals surface area contributed by atoms with Gasteiger partial charge in [-0.1, -0.05) is 32.8 Å². The summed E-state index contributed by atoms with van der Waals surface area (Å²) in [5.74, 6) is -0.0294. The van der Waals surface area contributed by atoms with Crippen LogP contribution in [0.15, 0.2) is 18.2 Å². The summed E-state index contributed by atoms with van der Waals surface area (Å²) in [6, 6.07) is 6.65. The highest BCUT2D eigenvalue weighted by Crippen LogP contribution is 2.22. The van der Waals surface area contributed by atoms with Gasteiger partial charge >= 0.3 is 0 Å². The number of unbranched alkanes of at least 4 members (excludes halogenated alkanes) is 1. The summed E-state index contributed by atoms with van der Waals surface area (Å²) >= 11 is 0. The molecule has 1 unspecified atom stereocenters. The predicted octanol–water partition coefficient (Wildman–Crippen LogP) is 4.33. The molecule has 3 heteroatoms. The van der Waals surface area contributed by atoms with Crippen molar-refractivity contribution >= 4 is 17.3 Å². The summed E-state index contributed by atoms with van der Waals surface area (Å²) in [6.07, 6.45) is 4.78. The number of carbonyl (C=O) groups excluding carboxylic acids is 1. The molecule has 0 heterocycles. The standard InChI is InChI=1S/C16H26N2O/c1-5-7-8-14(6-2)18-15-10-9-12(3)16(11-15)17-13(4)19/h9-11,14,18H,5-8H2,1-4H3,(H,17,19). The average Bonchev–Trinajstić information content (AvgIpc) is 2.37. The number of anilines is 2. The van der Waals surface area contributed by atoms with Crippen LogP contribution in [0.5, 0.6) is 0 Å². The zero-order valence-electron chi connectivity index (χ0n) is 12.5. The molecule has 1 aromatic rings. The summed E-state index contributed by atoms with van der Waals surface area (Å²) < 4.78 is 0. The number of hydrogen-bond donors (Lipinski definition) is 2. The first kappa shape index (κ1) is 15.5. The van der Waals surface area contributed by atoms with Crippen LogP contribution in [0.3, 0.4) is 0 Å². The van der Waals surface area contributed by atoms with Crippen molar-refractivity contribution in [1.29, 1.82) is 0 Å². The predicted molar refractivity (Wildman–Crippen MR) is 82.7 cm³/mol. The molecule has 0 spiro atoms. The van der Waals surface area contributed by atoms with Crippen LogP contribution in [-0.2, 0) is 4.79 Å². The van der Waals surface area contributed by atoms with E-state index in [9.17, 15) is 4.79 Å². The van der Waals surface area contributed by atoms with Gasteiger partial charge in [0.2, 0.25) is 5.91 Å². The van der Waals surface area contributed by atoms with Crippen LogP contribution < -0.4 is 10.6 Å². The van der Waals surface area contributed by atoms with Crippen molar-refractivity contribution in [2.75, 3.05) is 10.6 Å². The van der Waals surface area contributed by atoms with Gasteiger partial charge < -0.3 is 10.6 Å². The highest BCUT2D eigenvalue weighted by atomic mass is 16.1. The summed E-state index contributed by atoms with van der Waals surface area (Å²) in [5, 5.41) is 6.42. The first-order chi connectivity index (χ1) is 9.06. The number of nitrogens with one attached hydrogen (secondary N) is 2. The van der Waals surface area contributed by atoms with Crippen molar-refractivity contribution in [1.82, 2.24) is 0 Å². The number of benzene rings is 1. The quantitative estimate of drug-likeness (QED) is 0.767. The van der Waals surface area contributed by atoms with Gasteiger partial charge in [0.15, 0.2) is 0 Å². The monoisotopic (exact) mass is 262 g/mol. The smallest absolute Gasteiger partial charge is 0.221 e. The molecule has 1 amide bonds. The molecule has 3 nitrogen and oxygen atoms in total. The largest absolute Gasteiger partial charge is 0.382 e. The molecule has 1 rings (SSSR count). The van der Waals surface area contributed by atoms with Crippen molar-refractivity contribution in [3.05, 3.63) is 23.8 Å². The Morgan fingerprint density at radius 2 is 2.05 bits per heavy atom. The fourth-order valence-corrected chi connectivity index (χ4v) is 2.10. The van der Waals surface area contributed by atoms with E-state index in [0.717, 1.165) is 23.4 Å². The molecule has 19 heavy (non-hydrogen) atoms. The lowest BCUT2D eigenvalue weighted by Crippen LogP contribution is -2.18. The number of hydrogen-bond acceptors (Lipinski definition) is 2. The summed E-state index contributed by atoms with van der Waals surface area (Å²) in [5.41, 5.74) is 3.06. The van der Waals surface area contributed by atoms with Gasteiger partial charge in [-0.25, -0.2) is 0 Å². The number of carbonyl (C=O) groups is 1. The Labute approximate surface area is 116 Å². The molecule has 0 bridgehead atoms. The molecular weight excluding hydrogens is 236 g/mol. The van der Waals surface area contributed by atoms with Crippen LogP contribution in [0.1, 0.15) is 52.0 Å². The number of rotatable bonds is 7. The summed E-state index contributed by atoms with van der Waals surface area (Å²) in [7, 11) is 0. The number of aryl methyl sites for hydroxylation is 1. The van der Waals surface area contributed by atoms with E-state index in [1.165, 1.54) is 26.2 Å². The molecule has 2 N–H and O–H groups in total. The lowest BCUT2D eigenvalue weighted by molar-refractivity contribution is -0.114. The summed E-state index contributed by atoms with van der Waals surface area (Å²) in [6.45, 7) is 7.96. The Hall–Kier alpha value is -1.51. The minimum absolute atomic E-state index is 0.0294. The molecule has 0 saturated carbocycles. The van der Waals surface area contributed by atoms with Crippen LogP contribution in [0.25, 0.3) is 0 Å². The van der Waals surface area contributed by atoms with Gasteiger partial charge in [-0.05, 0) is 37.5 Å². The van der Waals surface area contributed by atoms with E-state index in [0.29, 0.717) is 6.04 Å². The third-order valence-corrected chi connectivity index (χ3v) is 3.32. The Balaban J connectivity index is 2.74. The topological polar surface area (TPSA) is 41.1 Å². The zero-order valence-corrected chi connectivity index (χ0v) is 12.5. The van der Waals surface area contributed by atoms with Gasteiger partial charge in [0.1, 0.15) is 0 Å². The van der Waals surface area contributed by atoms with Gasteiger partial charge in [0.05, 0.1) is 0 Å². The van der Waals surface area contributed by atoms with Crippen LogP contribution in [-0.4, -0.2) is 11.9 Å². The fourth-order valence-electron chi connectivity index (χ4n) is 2.10. The molecule has 0 fully saturated rings. The first-order valence-electron chi connectivity index (χ1n) is 7.21. The van der Waals surface area contributed by atoms with Crippen molar-refractivity contribution in [3.8, 4) is 0 Å². The molecule has 0 radical (unpaired) electrons. The first-order valence-corrected chi connectivity index (χ1v) is 7.21. The molecular formula is C16H26N2O. The van der Waals surface area contributed by atoms with Crippen molar-refractivity contribution in [3.63, 3.8) is 0 Å². The number of amides is 1. The van der Waals surface area contributed by atoms with Crippen LogP contribution in [0, 0.1) is 6.92 Å². The van der Waals surface area contributed by atoms with Crippen molar-refractivity contribution in [2.45, 2.75) is 59.4 Å². The zero-order chi connectivity index (χ0) is 14.3. The molecule has 0 aliphatic heterocycles. The Morgan fingerprint density at radius 1 is 1.32 bits per heavy atom. The molecule has 0 saturated heterocycles. The molecule has 1 atom stereocenters. The fraction of sp³-hybridized carbons (Fsp3) is 0.562. The Morgan fingerprint density at radius 3 is 2.63 bits per heavy atom. The maximum Gasteiger partial charge on any atom is 0.221 e. The third kappa shape index (κ3) is 5.33. The second-order valence-electron chi connectivity index (χ2n) is 5.10. The molecule has 0 aliphatic carbocycles. The van der Waals surface area contributed by atoms with E-state index < -0.39 is 0 Å². The van der Waals surface area contributed by atoms with Gasteiger partial charge in [-0.15, -0.1) is 0 Å². The van der Waals surface area contributed by atoms with Gasteiger partial charge in [0, 0.05) is 24.3 Å². The van der Waals surface area contributed by atoms with Crippen LogP contribution in [0.4, 0.5) is 11.4 Å². The second-order valence-corrected chi connectivity index (χ2v) is 5.10. The minimum atomic E-state index is -0.0294. The second kappa shape index (κ2) is 7.82. The van der Waals surface area contributed by atoms with Crippen LogP contribution >= 0.6 is 0 Å². The maximum absolute atomic E-state index is 11.2. The minimum Gasteiger partial charge on any atom is -0.382 e. The average molecular weight is 262 g/mol. The van der Waals surface area contributed by atoms with Gasteiger partial charge in [0.25, 0.3) is 0 Å². The molecule has 0 aliphatic rings. The van der Waals surface area contributed by atoms with E-state index >= 15 is 0 Å².